The molecule has 0 spiro atoms. The van der Waals surface area contributed by atoms with Gasteiger partial charge in [0.25, 0.3) is 5.91 Å². The molecule has 4 N–H and O–H groups in total. The molecule has 2 amide bonds. The van der Waals surface area contributed by atoms with Crippen molar-refractivity contribution < 1.29 is 18.9 Å². The van der Waals surface area contributed by atoms with E-state index >= 15 is 0 Å². The molecular weight excluding hydrogens is 451 g/mol. The topological polar surface area (TPSA) is 123 Å². The first-order valence-corrected chi connectivity index (χ1v) is 13.5. The van der Waals surface area contributed by atoms with Crippen molar-refractivity contribution in [1.82, 2.24) is 4.98 Å². The largest absolute Gasteiger partial charge is 0.494 e. The van der Waals surface area contributed by atoms with Gasteiger partial charge < -0.3 is 25.7 Å². The maximum atomic E-state index is 12.4. The maximum absolute atomic E-state index is 12.4. The van der Waals surface area contributed by atoms with Crippen molar-refractivity contribution in [3.63, 3.8) is 0 Å². The quantitative estimate of drug-likeness (QED) is 0.417. The number of anilines is 3. The van der Waals surface area contributed by atoms with Crippen LogP contribution in [0, 0.1) is 5.92 Å². The fraction of sp³-hybridized carbons (Fsp3) is 0.240. The molecule has 8 nitrogen and oxygen atoms in total. The number of carbonyl (C=O) groups is 2. The number of ether oxygens (including phenoxy) is 1. The molecule has 1 aromatic heterocycles. The van der Waals surface area contributed by atoms with Gasteiger partial charge in [0, 0.05) is 29.0 Å². The Bertz CT molecular complexity index is 1300. The summed E-state index contributed by atoms with van der Waals surface area (Å²) >= 11 is 0. The van der Waals surface area contributed by atoms with Gasteiger partial charge in [-0.05, 0) is 37.8 Å². The van der Waals surface area contributed by atoms with Crippen LogP contribution in [-0.2, 0) is 9.36 Å². The van der Waals surface area contributed by atoms with Crippen LogP contribution in [-0.4, -0.2) is 37.2 Å². The minimum atomic E-state index is -2.36. The van der Waals surface area contributed by atoms with Gasteiger partial charge in [0.1, 0.15) is 18.7 Å². The normalized spacial score (nSPS) is 13.3. The minimum Gasteiger partial charge on any atom is -0.494 e. The molecule has 34 heavy (non-hydrogen) atoms. The van der Waals surface area contributed by atoms with Gasteiger partial charge in [0.2, 0.25) is 5.91 Å². The predicted molar refractivity (Wildman–Crippen MR) is 135 cm³/mol. The number of nitrogens with zero attached hydrogens (tertiary/aromatic N) is 1. The molecule has 176 valence electrons. The van der Waals surface area contributed by atoms with Crippen LogP contribution in [0.15, 0.2) is 54.7 Å². The second kappa shape index (κ2) is 9.31. The number of hydrogen-bond acceptors (Lipinski definition) is 6. The molecule has 0 bridgehead atoms. The lowest BCUT2D eigenvalue weighted by molar-refractivity contribution is -0.117. The van der Waals surface area contributed by atoms with E-state index in [2.05, 4.69) is 15.6 Å². The minimum absolute atomic E-state index is 0.0199. The molecule has 1 aliphatic rings. The smallest absolute Gasteiger partial charge is 0.252 e. The summed E-state index contributed by atoms with van der Waals surface area (Å²) < 4.78 is 18.1. The fourth-order valence-corrected chi connectivity index (χ4v) is 4.49. The van der Waals surface area contributed by atoms with E-state index in [9.17, 15) is 14.2 Å². The number of nitrogens with two attached hydrogens (primary N) is 1. The Hall–Kier alpha value is -3.64. The average molecular weight is 478 g/mol. The van der Waals surface area contributed by atoms with Crippen molar-refractivity contribution in [3.05, 3.63) is 60.3 Å². The maximum Gasteiger partial charge on any atom is 0.252 e. The molecule has 0 aliphatic heterocycles. The highest BCUT2D eigenvalue weighted by molar-refractivity contribution is 7.70. The molecule has 1 aliphatic carbocycles. The number of hydrogen-bond donors (Lipinski definition) is 3. The summed E-state index contributed by atoms with van der Waals surface area (Å²) in [5.74, 6) is 0.175. The fourth-order valence-electron chi connectivity index (χ4n) is 3.63. The zero-order valence-corrected chi connectivity index (χ0v) is 20.2. The number of amides is 2. The van der Waals surface area contributed by atoms with Gasteiger partial charge in [-0.15, -0.1) is 0 Å². The number of primary amides is 1. The van der Waals surface area contributed by atoms with Crippen LogP contribution in [0.1, 0.15) is 23.2 Å². The highest BCUT2D eigenvalue weighted by atomic mass is 31.2. The Balaban J connectivity index is 1.69. The van der Waals surface area contributed by atoms with Crippen LogP contribution in [0.5, 0.6) is 5.75 Å². The van der Waals surface area contributed by atoms with Crippen molar-refractivity contribution >= 4 is 41.5 Å². The van der Waals surface area contributed by atoms with Crippen molar-refractivity contribution in [1.29, 1.82) is 0 Å². The van der Waals surface area contributed by atoms with Crippen molar-refractivity contribution in [2.45, 2.75) is 12.8 Å². The predicted octanol–water partition coefficient (Wildman–Crippen LogP) is 4.20. The van der Waals surface area contributed by atoms with Crippen LogP contribution < -0.4 is 26.4 Å². The van der Waals surface area contributed by atoms with E-state index in [1.165, 1.54) is 6.20 Å². The molecule has 1 saturated carbocycles. The van der Waals surface area contributed by atoms with Gasteiger partial charge >= 0.3 is 0 Å². The van der Waals surface area contributed by atoms with E-state index in [4.69, 9.17) is 10.5 Å². The van der Waals surface area contributed by atoms with E-state index in [1.807, 2.05) is 42.5 Å². The Morgan fingerprint density at radius 2 is 1.79 bits per heavy atom. The number of carbonyl (C=O) groups excluding carboxylic acids is 2. The van der Waals surface area contributed by atoms with Gasteiger partial charge in [0.05, 0.1) is 24.0 Å². The van der Waals surface area contributed by atoms with Crippen LogP contribution in [0.4, 0.5) is 17.2 Å². The Labute approximate surface area is 198 Å². The third-order valence-electron chi connectivity index (χ3n) is 5.66. The summed E-state index contributed by atoms with van der Waals surface area (Å²) in [7, 11) is -0.796. The zero-order chi connectivity index (χ0) is 24.5. The summed E-state index contributed by atoms with van der Waals surface area (Å²) in [5, 5.41) is 6.80. The lowest BCUT2D eigenvalue weighted by atomic mass is 10.0. The monoisotopic (exact) mass is 478 g/mol. The van der Waals surface area contributed by atoms with Crippen LogP contribution in [0.2, 0.25) is 0 Å². The third kappa shape index (κ3) is 5.13. The molecule has 0 unspecified atom stereocenters. The summed E-state index contributed by atoms with van der Waals surface area (Å²) in [5.41, 5.74) is 8.45. The molecule has 9 heteroatoms. The van der Waals surface area contributed by atoms with Crippen LogP contribution in [0.3, 0.4) is 0 Å². The van der Waals surface area contributed by atoms with E-state index in [-0.39, 0.29) is 17.4 Å². The van der Waals surface area contributed by atoms with Crippen LogP contribution >= 0.6 is 7.14 Å². The number of pyridine rings is 1. The second-order valence-corrected chi connectivity index (χ2v) is 11.9. The van der Waals surface area contributed by atoms with E-state index < -0.39 is 13.0 Å². The molecule has 4 rings (SSSR count). The lowest BCUT2D eigenvalue weighted by Crippen LogP contribution is -2.17. The van der Waals surface area contributed by atoms with E-state index in [1.54, 1.807) is 26.5 Å². The van der Waals surface area contributed by atoms with Gasteiger partial charge in [0.15, 0.2) is 0 Å². The van der Waals surface area contributed by atoms with Crippen molar-refractivity contribution in [2.75, 3.05) is 31.1 Å². The number of methoxy groups -OCH3 is 1. The average Bonchev–Trinajstić information content (AvgIpc) is 3.64. The summed E-state index contributed by atoms with van der Waals surface area (Å²) in [6, 6.07) is 14.7. The second-order valence-electron chi connectivity index (χ2n) is 8.65. The number of para-hydroxylation sites is 1. The molecule has 0 atom stereocenters. The Kier molecular flexibility index (Phi) is 6.44. The zero-order valence-electron chi connectivity index (χ0n) is 19.3. The lowest BCUT2D eigenvalue weighted by Gasteiger charge is -2.17. The molecule has 1 fully saturated rings. The third-order valence-corrected chi connectivity index (χ3v) is 7.20. The van der Waals surface area contributed by atoms with E-state index in [0.717, 1.165) is 29.3 Å². The standard InChI is InChI=1S/C25H27N4O4P/c1-33-23-18(15-9-11-17(12-10-15)34(2,3)32)5-4-6-20(23)28-21-13-22(27-14-19(21)24(26)30)29-25(31)16-7-8-16/h4-6,9-14,16H,7-8H2,1-3H3,(H2,26,30)(H2,27,28,29,31). The first kappa shape index (κ1) is 23.5. The van der Waals surface area contributed by atoms with Gasteiger partial charge in [-0.1, -0.05) is 36.4 Å². The highest BCUT2D eigenvalue weighted by Crippen LogP contribution is 2.40. The Morgan fingerprint density at radius 1 is 1.09 bits per heavy atom. The first-order valence-electron chi connectivity index (χ1n) is 10.9. The Morgan fingerprint density at radius 3 is 2.38 bits per heavy atom. The highest BCUT2D eigenvalue weighted by Gasteiger charge is 2.30. The molecule has 2 aromatic carbocycles. The molecular formula is C25H27N4O4P. The molecule has 0 saturated heterocycles. The molecule has 3 aromatic rings. The molecule has 0 radical (unpaired) electrons. The number of rotatable bonds is 8. The number of benzene rings is 2. The van der Waals surface area contributed by atoms with E-state index in [0.29, 0.717) is 22.9 Å². The number of nitrogens with one attached hydrogen (secondary N) is 2. The molecule has 1 heterocycles. The van der Waals surface area contributed by atoms with Gasteiger partial charge in [-0.2, -0.15) is 0 Å². The van der Waals surface area contributed by atoms with Crippen molar-refractivity contribution in [2.24, 2.45) is 11.7 Å². The summed E-state index contributed by atoms with van der Waals surface area (Å²) in [6.07, 6.45) is 3.08. The first-order chi connectivity index (χ1) is 16.2. The number of aromatic nitrogens is 1. The SMILES string of the molecule is COc1c(Nc2cc(NC(=O)C3CC3)ncc2C(N)=O)cccc1-c1ccc(P(C)(C)=O)cc1. The summed E-state index contributed by atoms with van der Waals surface area (Å²) in [6.45, 7) is 3.47. The van der Waals surface area contributed by atoms with Crippen LogP contribution in [0.25, 0.3) is 11.1 Å². The van der Waals surface area contributed by atoms with Gasteiger partial charge in [-0.25, -0.2) is 4.98 Å². The van der Waals surface area contributed by atoms with Gasteiger partial charge in [-0.3, -0.25) is 9.59 Å². The van der Waals surface area contributed by atoms with Crippen molar-refractivity contribution in [3.8, 4) is 16.9 Å². The summed E-state index contributed by atoms with van der Waals surface area (Å²) in [4.78, 5) is 28.3.